The zero-order valence-corrected chi connectivity index (χ0v) is 19.8. The fourth-order valence-corrected chi connectivity index (χ4v) is 5.97. The number of H-pyrrole nitrogens is 1. The van der Waals surface area contributed by atoms with Crippen LogP contribution in [0.25, 0.3) is 10.9 Å². The van der Waals surface area contributed by atoms with Crippen LogP contribution in [0.15, 0.2) is 68.9 Å². The molecular weight excluding hydrogens is 440 g/mol. The molecule has 0 unspecified atom stereocenters. The predicted octanol–water partition coefficient (Wildman–Crippen LogP) is 4.45. The Kier molecular flexibility index (Phi) is 6.14. The number of benzene rings is 2. The first-order valence-electron chi connectivity index (χ1n) is 10.5. The molecule has 0 amide bonds. The Labute approximate surface area is 192 Å². The van der Waals surface area contributed by atoms with Crippen LogP contribution in [0.2, 0.25) is 0 Å². The second kappa shape index (κ2) is 8.88. The lowest BCUT2D eigenvalue weighted by atomic mass is 10.1. The molecule has 0 saturated carbocycles. The van der Waals surface area contributed by atoms with Gasteiger partial charge in [-0.1, -0.05) is 17.7 Å². The minimum absolute atomic E-state index is 0.00230. The van der Waals surface area contributed by atoms with Crippen molar-refractivity contribution in [2.24, 2.45) is 0 Å². The van der Waals surface area contributed by atoms with Gasteiger partial charge in [-0.05, 0) is 68.3 Å². The summed E-state index contributed by atoms with van der Waals surface area (Å²) in [5.74, 6) is 1.13. The van der Waals surface area contributed by atoms with E-state index in [-0.39, 0.29) is 23.5 Å². The first-order chi connectivity index (χ1) is 15.7. The number of furan rings is 1. The van der Waals surface area contributed by atoms with Gasteiger partial charge in [-0.3, -0.25) is 4.79 Å². The van der Waals surface area contributed by atoms with E-state index < -0.39 is 10.0 Å². The molecular formula is C25H26N2O5S. The molecule has 172 valence electrons. The number of methoxy groups -OCH3 is 1. The molecule has 2 aromatic carbocycles. The summed E-state index contributed by atoms with van der Waals surface area (Å²) in [6.45, 7) is 5.38. The normalized spacial score (nSPS) is 11.9. The third-order valence-electron chi connectivity index (χ3n) is 5.59. The van der Waals surface area contributed by atoms with E-state index in [9.17, 15) is 13.2 Å². The summed E-state index contributed by atoms with van der Waals surface area (Å²) in [7, 11) is -2.37. The van der Waals surface area contributed by atoms with Gasteiger partial charge in [-0.2, -0.15) is 4.31 Å². The third kappa shape index (κ3) is 4.58. The Morgan fingerprint density at radius 2 is 1.73 bits per heavy atom. The molecule has 1 N–H and O–H groups in total. The average Bonchev–Trinajstić information content (AvgIpc) is 3.25. The van der Waals surface area contributed by atoms with Crippen molar-refractivity contribution in [2.75, 3.05) is 7.11 Å². The monoisotopic (exact) mass is 466 g/mol. The van der Waals surface area contributed by atoms with Crippen molar-refractivity contribution >= 4 is 20.9 Å². The van der Waals surface area contributed by atoms with Crippen LogP contribution >= 0.6 is 0 Å². The molecule has 0 fully saturated rings. The Hall–Kier alpha value is -3.36. The second-order valence-corrected chi connectivity index (χ2v) is 10.0. The maximum atomic E-state index is 13.8. The Morgan fingerprint density at radius 3 is 2.36 bits per heavy atom. The highest BCUT2D eigenvalue weighted by Gasteiger charge is 2.29. The van der Waals surface area contributed by atoms with Crippen LogP contribution in [0.1, 0.15) is 28.0 Å². The molecule has 4 rings (SSSR count). The molecule has 0 saturated heterocycles. The molecule has 2 aromatic heterocycles. The van der Waals surface area contributed by atoms with Crippen molar-refractivity contribution in [2.45, 2.75) is 38.8 Å². The Morgan fingerprint density at radius 1 is 1.00 bits per heavy atom. The number of aromatic amines is 1. The quantitative estimate of drug-likeness (QED) is 0.435. The number of aryl methyl sites for hydroxylation is 3. The van der Waals surface area contributed by atoms with Gasteiger partial charge in [0.2, 0.25) is 10.0 Å². The summed E-state index contributed by atoms with van der Waals surface area (Å²) >= 11 is 0. The van der Waals surface area contributed by atoms with Crippen LogP contribution in [-0.4, -0.2) is 24.8 Å². The van der Waals surface area contributed by atoms with Gasteiger partial charge in [-0.25, -0.2) is 8.42 Å². The van der Waals surface area contributed by atoms with E-state index in [2.05, 4.69) is 4.98 Å². The highest BCUT2D eigenvalue weighted by molar-refractivity contribution is 7.89. The maximum absolute atomic E-state index is 13.8. The van der Waals surface area contributed by atoms with Gasteiger partial charge in [0.1, 0.15) is 11.5 Å². The Balaban J connectivity index is 1.82. The van der Waals surface area contributed by atoms with Crippen molar-refractivity contribution in [3.8, 4) is 5.75 Å². The highest BCUT2D eigenvalue weighted by atomic mass is 32.2. The van der Waals surface area contributed by atoms with Gasteiger partial charge in [0.15, 0.2) is 0 Å². The molecule has 0 spiro atoms. The average molecular weight is 467 g/mol. The van der Waals surface area contributed by atoms with Crippen molar-refractivity contribution < 1.29 is 17.6 Å². The van der Waals surface area contributed by atoms with Crippen LogP contribution < -0.4 is 10.3 Å². The molecule has 0 aliphatic rings. The molecule has 4 aromatic rings. The molecule has 2 heterocycles. The zero-order chi connectivity index (χ0) is 23.8. The molecule has 7 nitrogen and oxygen atoms in total. The summed E-state index contributed by atoms with van der Waals surface area (Å²) < 4.78 is 39.7. The molecule has 0 bridgehead atoms. The number of pyridine rings is 1. The van der Waals surface area contributed by atoms with Gasteiger partial charge in [0.05, 0.1) is 24.8 Å². The lowest BCUT2D eigenvalue weighted by Crippen LogP contribution is -2.33. The van der Waals surface area contributed by atoms with Crippen LogP contribution in [0, 0.1) is 20.8 Å². The van der Waals surface area contributed by atoms with Gasteiger partial charge < -0.3 is 14.1 Å². The minimum Gasteiger partial charge on any atom is -0.497 e. The summed E-state index contributed by atoms with van der Waals surface area (Å²) in [5.41, 5.74) is 2.94. The van der Waals surface area contributed by atoms with E-state index in [4.69, 9.17) is 9.15 Å². The Bertz CT molecular complexity index is 1450. The van der Waals surface area contributed by atoms with Crippen molar-refractivity contribution in [3.63, 3.8) is 0 Å². The van der Waals surface area contributed by atoms with E-state index in [1.165, 1.54) is 10.6 Å². The van der Waals surface area contributed by atoms with Gasteiger partial charge >= 0.3 is 0 Å². The summed E-state index contributed by atoms with van der Waals surface area (Å²) in [6.07, 6.45) is 1.50. The fraction of sp³-hybridized carbons (Fsp3) is 0.240. The standard InChI is InChI=1S/C25H26N2O5S/c1-16-10-17(2)24(18(3)11-16)33(29,30)27(15-22-6-5-9-32-22)14-20-12-19-13-21(31-4)7-8-23(19)26-25(20)28/h5-13H,14-15H2,1-4H3,(H,26,28). The number of rotatable bonds is 7. The van der Waals surface area contributed by atoms with Crippen LogP contribution in [0.3, 0.4) is 0 Å². The fourth-order valence-electron chi connectivity index (χ4n) is 4.17. The summed E-state index contributed by atoms with van der Waals surface area (Å²) in [5, 5.41) is 0.752. The maximum Gasteiger partial charge on any atom is 0.252 e. The van der Waals surface area contributed by atoms with Crippen molar-refractivity contribution in [1.82, 2.24) is 9.29 Å². The van der Waals surface area contributed by atoms with Gasteiger partial charge in [0, 0.05) is 23.0 Å². The van der Waals surface area contributed by atoms with E-state index >= 15 is 0 Å². The zero-order valence-electron chi connectivity index (χ0n) is 19.0. The number of aromatic nitrogens is 1. The van der Waals surface area contributed by atoms with E-state index in [1.54, 1.807) is 57.4 Å². The number of ether oxygens (including phenoxy) is 1. The SMILES string of the molecule is COc1ccc2[nH]c(=O)c(CN(Cc3ccco3)S(=O)(=O)c3c(C)cc(C)cc3C)cc2c1. The van der Waals surface area contributed by atoms with E-state index in [0.717, 1.165) is 10.9 Å². The van der Waals surface area contributed by atoms with Crippen LogP contribution in [0.4, 0.5) is 0 Å². The van der Waals surface area contributed by atoms with Crippen LogP contribution in [-0.2, 0) is 23.1 Å². The van der Waals surface area contributed by atoms with Crippen molar-refractivity contribution in [1.29, 1.82) is 0 Å². The van der Waals surface area contributed by atoms with Gasteiger partial charge in [-0.15, -0.1) is 0 Å². The number of hydrogen-bond donors (Lipinski definition) is 1. The number of fused-ring (bicyclic) bond motifs is 1. The minimum atomic E-state index is -3.94. The van der Waals surface area contributed by atoms with Gasteiger partial charge in [0.25, 0.3) is 5.56 Å². The second-order valence-electron chi connectivity index (χ2n) is 8.16. The largest absolute Gasteiger partial charge is 0.497 e. The lowest BCUT2D eigenvalue weighted by Gasteiger charge is -2.24. The highest BCUT2D eigenvalue weighted by Crippen LogP contribution is 2.28. The summed E-state index contributed by atoms with van der Waals surface area (Å²) in [4.78, 5) is 15.9. The molecule has 0 radical (unpaired) electrons. The number of sulfonamides is 1. The van der Waals surface area contributed by atoms with Crippen LogP contribution in [0.5, 0.6) is 5.75 Å². The lowest BCUT2D eigenvalue weighted by molar-refractivity contribution is 0.357. The smallest absolute Gasteiger partial charge is 0.252 e. The number of nitrogens with one attached hydrogen (secondary N) is 1. The topological polar surface area (TPSA) is 92.6 Å². The number of hydrogen-bond acceptors (Lipinski definition) is 5. The first kappa shape index (κ1) is 22.8. The molecule has 0 atom stereocenters. The van der Waals surface area contributed by atoms with E-state index in [1.807, 2.05) is 19.1 Å². The van der Waals surface area contributed by atoms with E-state index in [0.29, 0.717) is 33.7 Å². The van der Waals surface area contributed by atoms with Crippen molar-refractivity contribution in [3.05, 3.63) is 93.2 Å². The molecule has 33 heavy (non-hydrogen) atoms. The molecule has 0 aliphatic carbocycles. The third-order valence-corrected chi connectivity index (χ3v) is 7.69. The first-order valence-corrected chi connectivity index (χ1v) is 11.9. The predicted molar refractivity (Wildman–Crippen MR) is 127 cm³/mol. The molecule has 8 heteroatoms. The summed E-state index contributed by atoms with van der Waals surface area (Å²) in [6, 6.07) is 14.1. The number of nitrogens with zero attached hydrogens (tertiary/aromatic N) is 1. The molecule has 0 aliphatic heterocycles.